The van der Waals surface area contributed by atoms with Crippen LogP contribution in [0.4, 0.5) is 0 Å². The molecule has 0 aromatic heterocycles. The molecule has 0 aromatic rings. The number of aliphatic hydroxyl groups is 1. The summed E-state index contributed by atoms with van der Waals surface area (Å²) in [5, 5.41) is 15.8. The van der Waals surface area contributed by atoms with Gasteiger partial charge in [0.2, 0.25) is 0 Å². The number of hydrogen-bond acceptors (Lipinski definition) is 3. The Labute approximate surface area is 79.8 Å². The minimum Gasteiger partial charge on any atom is -0.478 e. The minimum atomic E-state index is -0.981. The lowest BCUT2D eigenvalue weighted by molar-refractivity contribution is -0.131. The van der Waals surface area contributed by atoms with Gasteiger partial charge in [0.1, 0.15) is 0 Å². The van der Waals surface area contributed by atoms with E-state index in [0.29, 0.717) is 0 Å². The van der Waals surface area contributed by atoms with E-state index in [1.54, 1.807) is 0 Å². The van der Waals surface area contributed by atoms with E-state index in [0.717, 1.165) is 12.6 Å². The number of nitrogens with zero attached hydrogens (tertiary/aromatic N) is 1. The fourth-order valence-corrected chi connectivity index (χ4v) is 0.200. The Morgan fingerprint density at radius 1 is 1.46 bits per heavy atom. The molecule has 2 N–H and O–H groups in total. The van der Waals surface area contributed by atoms with Gasteiger partial charge >= 0.3 is 5.97 Å². The molecule has 13 heavy (non-hydrogen) atoms. The maximum atomic E-state index is 9.25. The van der Waals surface area contributed by atoms with E-state index in [2.05, 4.69) is 19.7 Å². The van der Waals surface area contributed by atoms with Gasteiger partial charge in [0.15, 0.2) is 0 Å². The summed E-state index contributed by atoms with van der Waals surface area (Å²) in [4.78, 5) is 11.2. The summed E-state index contributed by atoms with van der Waals surface area (Å²) in [5.74, 6) is -0.981. The third kappa shape index (κ3) is 57.1. The summed E-state index contributed by atoms with van der Waals surface area (Å²) in [6.45, 7) is 9.98. The quantitative estimate of drug-likeness (QED) is 0.504. The molecule has 0 spiro atoms. The van der Waals surface area contributed by atoms with Gasteiger partial charge in [-0.3, -0.25) is 0 Å². The van der Waals surface area contributed by atoms with E-state index in [1.807, 2.05) is 19.0 Å². The predicted molar refractivity (Wildman–Crippen MR) is 54.7 cm³/mol. The number of aliphatic hydroxyl groups excluding tert-OH is 1. The Morgan fingerprint density at radius 3 is 1.77 bits per heavy atom. The Balaban J connectivity index is -0.000000131. The second-order valence-electron chi connectivity index (χ2n) is 2.07. The molecule has 0 amide bonds. The van der Waals surface area contributed by atoms with Crippen LogP contribution in [0, 0.1) is 0 Å². The first-order valence-electron chi connectivity index (χ1n) is 3.65. The normalized spacial score (nSPS) is 7.38. The summed E-state index contributed by atoms with van der Waals surface area (Å²) >= 11 is 0. The zero-order chi connectivity index (χ0) is 11.3. The first-order chi connectivity index (χ1) is 6.04. The van der Waals surface area contributed by atoms with E-state index in [9.17, 15) is 4.79 Å². The van der Waals surface area contributed by atoms with Crippen molar-refractivity contribution in [2.45, 2.75) is 0 Å². The molecule has 0 heterocycles. The van der Waals surface area contributed by atoms with Crippen LogP contribution in [-0.2, 0) is 4.79 Å². The molecular formula is C9H19NO3. The second kappa shape index (κ2) is 17.1. The van der Waals surface area contributed by atoms with Crippen molar-refractivity contribution in [3.8, 4) is 0 Å². The SMILES string of the molecule is C=C.C=CC(=O)O.CN(C)CCO. The number of carbonyl (C=O) groups is 1. The predicted octanol–water partition coefficient (Wildman–Crippen LogP) is 0.600. The molecule has 0 fully saturated rings. The van der Waals surface area contributed by atoms with Gasteiger partial charge in [-0.15, -0.1) is 13.2 Å². The van der Waals surface area contributed by atoms with Crippen molar-refractivity contribution in [3.63, 3.8) is 0 Å². The molecule has 0 saturated carbocycles. The molecule has 0 saturated heterocycles. The van der Waals surface area contributed by atoms with Crippen LogP contribution in [0.25, 0.3) is 0 Å². The van der Waals surface area contributed by atoms with Gasteiger partial charge in [-0.2, -0.15) is 0 Å². The van der Waals surface area contributed by atoms with Gasteiger partial charge in [0.05, 0.1) is 6.61 Å². The van der Waals surface area contributed by atoms with Gasteiger partial charge in [-0.1, -0.05) is 6.58 Å². The maximum Gasteiger partial charge on any atom is 0.327 e. The molecule has 0 aliphatic rings. The van der Waals surface area contributed by atoms with Crippen LogP contribution in [0.2, 0.25) is 0 Å². The number of likely N-dealkylation sites (N-methyl/N-ethyl adjacent to an activating group) is 1. The molecule has 0 unspecified atom stereocenters. The van der Waals surface area contributed by atoms with Gasteiger partial charge in [-0.25, -0.2) is 4.79 Å². The summed E-state index contributed by atoms with van der Waals surface area (Å²) in [7, 11) is 3.85. The standard InChI is InChI=1S/C4H11NO.C3H4O2.C2H4/c1-5(2)3-4-6;1-2-3(4)5;1-2/h6H,3-4H2,1-2H3;2H,1H2,(H,4,5);1-2H2. The lowest BCUT2D eigenvalue weighted by Crippen LogP contribution is -2.15. The Bertz CT molecular complexity index is 124. The molecule has 4 heteroatoms. The first kappa shape index (κ1) is 17.8. The third-order valence-corrected chi connectivity index (χ3v) is 0.722. The third-order valence-electron chi connectivity index (χ3n) is 0.722. The van der Waals surface area contributed by atoms with Crippen LogP contribution in [0.3, 0.4) is 0 Å². The maximum absolute atomic E-state index is 9.25. The highest BCUT2D eigenvalue weighted by Gasteiger charge is 1.80. The first-order valence-corrected chi connectivity index (χ1v) is 3.65. The van der Waals surface area contributed by atoms with Crippen LogP contribution in [0.1, 0.15) is 0 Å². The molecular weight excluding hydrogens is 170 g/mol. The highest BCUT2D eigenvalue weighted by atomic mass is 16.4. The topological polar surface area (TPSA) is 60.8 Å². The molecule has 0 rings (SSSR count). The smallest absolute Gasteiger partial charge is 0.327 e. The molecule has 0 atom stereocenters. The number of aliphatic carboxylic acids is 1. The zero-order valence-corrected chi connectivity index (χ0v) is 8.36. The second-order valence-corrected chi connectivity index (χ2v) is 2.07. The summed E-state index contributed by atoms with van der Waals surface area (Å²) in [6.07, 6.45) is 0.833. The van der Waals surface area contributed by atoms with Gasteiger partial charge < -0.3 is 15.1 Å². The highest BCUT2D eigenvalue weighted by Crippen LogP contribution is 1.66. The molecule has 0 bridgehead atoms. The van der Waals surface area contributed by atoms with Crippen molar-refractivity contribution in [1.82, 2.24) is 4.90 Å². The van der Waals surface area contributed by atoms with Gasteiger partial charge in [-0.05, 0) is 14.1 Å². The van der Waals surface area contributed by atoms with Crippen LogP contribution < -0.4 is 0 Å². The minimum absolute atomic E-state index is 0.257. The van der Waals surface area contributed by atoms with Crippen molar-refractivity contribution in [2.24, 2.45) is 0 Å². The van der Waals surface area contributed by atoms with Gasteiger partial charge in [0, 0.05) is 12.6 Å². The molecule has 0 aromatic carbocycles. The summed E-state index contributed by atoms with van der Waals surface area (Å²) in [5.41, 5.74) is 0. The number of carboxylic acid groups (broad SMARTS) is 1. The number of carboxylic acids is 1. The van der Waals surface area contributed by atoms with Crippen LogP contribution in [0.5, 0.6) is 0 Å². The molecule has 0 aliphatic heterocycles. The van der Waals surface area contributed by atoms with Crippen molar-refractivity contribution < 1.29 is 15.0 Å². The average molecular weight is 189 g/mol. The monoisotopic (exact) mass is 189 g/mol. The molecule has 4 nitrogen and oxygen atoms in total. The fourth-order valence-electron chi connectivity index (χ4n) is 0.200. The lowest BCUT2D eigenvalue weighted by atomic mass is 10.6. The lowest BCUT2D eigenvalue weighted by Gasteiger charge is -2.03. The van der Waals surface area contributed by atoms with Crippen LogP contribution >= 0.6 is 0 Å². The van der Waals surface area contributed by atoms with E-state index in [1.165, 1.54) is 0 Å². The zero-order valence-electron chi connectivity index (χ0n) is 8.36. The van der Waals surface area contributed by atoms with Crippen molar-refractivity contribution in [3.05, 3.63) is 25.8 Å². The largest absolute Gasteiger partial charge is 0.478 e. The van der Waals surface area contributed by atoms with Gasteiger partial charge in [0.25, 0.3) is 0 Å². The Morgan fingerprint density at radius 2 is 1.77 bits per heavy atom. The highest BCUT2D eigenvalue weighted by molar-refractivity contribution is 5.78. The molecule has 78 valence electrons. The number of rotatable bonds is 3. The Hall–Kier alpha value is -1.13. The van der Waals surface area contributed by atoms with E-state index in [-0.39, 0.29) is 6.61 Å². The van der Waals surface area contributed by atoms with E-state index >= 15 is 0 Å². The number of hydrogen-bond donors (Lipinski definition) is 2. The van der Waals surface area contributed by atoms with E-state index < -0.39 is 5.97 Å². The van der Waals surface area contributed by atoms with Crippen molar-refractivity contribution in [2.75, 3.05) is 27.2 Å². The summed E-state index contributed by atoms with van der Waals surface area (Å²) < 4.78 is 0. The average Bonchev–Trinajstić information content (AvgIpc) is 2.09. The van der Waals surface area contributed by atoms with Crippen LogP contribution in [-0.4, -0.2) is 48.3 Å². The molecule has 0 aliphatic carbocycles. The van der Waals surface area contributed by atoms with Crippen LogP contribution in [0.15, 0.2) is 25.8 Å². The Kier molecular flexibility index (Phi) is 23.4. The summed E-state index contributed by atoms with van der Waals surface area (Å²) in [6, 6.07) is 0. The van der Waals surface area contributed by atoms with Crippen molar-refractivity contribution in [1.29, 1.82) is 0 Å². The van der Waals surface area contributed by atoms with Crippen molar-refractivity contribution >= 4 is 5.97 Å². The van der Waals surface area contributed by atoms with E-state index in [4.69, 9.17) is 10.2 Å². The fraction of sp³-hybridized carbons (Fsp3) is 0.444. The molecule has 0 radical (unpaired) electrons.